The number of hydrogen-bond donors (Lipinski definition) is 1. The van der Waals surface area contributed by atoms with E-state index in [0.717, 1.165) is 32.1 Å². The molecule has 2 atom stereocenters. The van der Waals surface area contributed by atoms with Crippen LogP contribution in [0.25, 0.3) is 0 Å². The molecular weight excluding hydrogens is 346 g/mol. The standard InChI is InChI=1S/C20H31N3O4/c1-20(2,3)27-19(26)23-11-7-8-14(13-23)17(24)16(12-21)18(25)22-15-9-5-4-6-10-15/h14-16H,4-11,13H2,1-3H3,(H,22,25)/t14-,16-/m0/s1. The SMILES string of the molecule is CC(C)(C)OC(=O)N1CCC[C@H](C(=O)[C@H](C#N)C(=O)NC2CCCCC2)C1. The summed E-state index contributed by atoms with van der Waals surface area (Å²) in [6.45, 7) is 6.09. The number of rotatable bonds is 4. The van der Waals surface area contributed by atoms with Crippen LogP contribution in [0, 0.1) is 23.2 Å². The first-order valence-electron chi connectivity index (χ1n) is 9.93. The highest BCUT2D eigenvalue weighted by Gasteiger charge is 2.37. The van der Waals surface area contributed by atoms with Crippen molar-refractivity contribution in [3.63, 3.8) is 0 Å². The van der Waals surface area contributed by atoms with Crippen LogP contribution in [0.5, 0.6) is 0 Å². The van der Waals surface area contributed by atoms with Gasteiger partial charge in [-0.1, -0.05) is 19.3 Å². The van der Waals surface area contributed by atoms with E-state index in [1.54, 1.807) is 20.8 Å². The Bertz CT molecular complexity index is 599. The molecule has 0 aromatic carbocycles. The average Bonchev–Trinajstić information content (AvgIpc) is 2.61. The Morgan fingerprint density at radius 2 is 1.78 bits per heavy atom. The molecule has 2 rings (SSSR count). The predicted octanol–water partition coefficient (Wildman–Crippen LogP) is 2.79. The number of carbonyl (C=O) groups is 3. The van der Waals surface area contributed by atoms with Crippen molar-refractivity contribution in [3.05, 3.63) is 0 Å². The van der Waals surface area contributed by atoms with Gasteiger partial charge in [0.2, 0.25) is 5.91 Å². The van der Waals surface area contributed by atoms with Crippen molar-refractivity contribution >= 4 is 17.8 Å². The third kappa shape index (κ3) is 6.23. The normalized spacial score (nSPS) is 22.4. The number of nitriles is 1. The first-order chi connectivity index (χ1) is 12.7. The lowest BCUT2D eigenvalue weighted by molar-refractivity contribution is -0.135. The summed E-state index contributed by atoms with van der Waals surface area (Å²) < 4.78 is 5.37. The molecule has 2 aliphatic rings. The second-order valence-corrected chi connectivity index (χ2v) is 8.57. The average molecular weight is 377 g/mol. The fraction of sp³-hybridized carbons (Fsp3) is 0.800. The Balaban J connectivity index is 1.96. The highest BCUT2D eigenvalue weighted by atomic mass is 16.6. The minimum Gasteiger partial charge on any atom is -0.444 e. The summed E-state index contributed by atoms with van der Waals surface area (Å²) in [4.78, 5) is 39.0. The van der Waals surface area contributed by atoms with Gasteiger partial charge in [0.25, 0.3) is 0 Å². The zero-order valence-electron chi connectivity index (χ0n) is 16.6. The second kappa shape index (κ2) is 9.20. The van der Waals surface area contributed by atoms with Gasteiger partial charge in [-0.2, -0.15) is 5.26 Å². The first kappa shape index (κ1) is 21.2. The van der Waals surface area contributed by atoms with E-state index < -0.39 is 29.4 Å². The molecule has 7 heteroatoms. The van der Waals surface area contributed by atoms with Gasteiger partial charge in [-0.3, -0.25) is 9.59 Å². The number of piperidine rings is 1. The summed E-state index contributed by atoms with van der Waals surface area (Å²) in [6.07, 6.45) is 5.84. The zero-order chi connectivity index (χ0) is 20.0. The van der Waals surface area contributed by atoms with E-state index in [1.165, 1.54) is 4.90 Å². The van der Waals surface area contributed by atoms with Crippen LogP contribution in [0.1, 0.15) is 65.7 Å². The number of likely N-dealkylation sites (tertiary alicyclic amines) is 1. The van der Waals surface area contributed by atoms with E-state index in [2.05, 4.69) is 5.32 Å². The molecule has 0 radical (unpaired) electrons. The van der Waals surface area contributed by atoms with E-state index in [9.17, 15) is 19.6 Å². The van der Waals surface area contributed by atoms with Gasteiger partial charge in [0.05, 0.1) is 6.07 Å². The molecule has 0 unspecified atom stereocenters. The largest absolute Gasteiger partial charge is 0.444 e. The number of ether oxygens (including phenoxy) is 1. The summed E-state index contributed by atoms with van der Waals surface area (Å²) in [5.41, 5.74) is -0.608. The van der Waals surface area contributed by atoms with Crippen LogP contribution < -0.4 is 5.32 Å². The van der Waals surface area contributed by atoms with Crippen LogP contribution in [0.4, 0.5) is 4.79 Å². The van der Waals surface area contributed by atoms with Crippen molar-refractivity contribution in [2.75, 3.05) is 13.1 Å². The monoisotopic (exact) mass is 377 g/mol. The van der Waals surface area contributed by atoms with Crippen LogP contribution in [0.15, 0.2) is 0 Å². The van der Waals surface area contributed by atoms with E-state index in [-0.39, 0.29) is 18.4 Å². The Morgan fingerprint density at radius 3 is 2.37 bits per heavy atom. The number of nitrogens with one attached hydrogen (secondary N) is 1. The molecule has 27 heavy (non-hydrogen) atoms. The van der Waals surface area contributed by atoms with Gasteiger partial charge in [-0.15, -0.1) is 0 Å². The summed E-state index contributed by atoms with van der Waals surface area (Å²) >= 11 is 0. The van der Waals surface area contributed by atoms with Crippen LogP contribution in [0.2, 0.25) is 0 Å². The van der Waals surface area contributed by atoms with Gasteiger partial charge < -0.3 is 15.0 Å². The fourth-order valence-corrected chi connectivity index (χ4v) is 3.72. The van der Waals surface area contributed by atoms with Crippen molar-refractivity contribution in [3.8, 4) is 6.07 Å². The molecule has 0 aromatic heterocycles. The van der Waals surface area contributed by atoms with Crippen molar-refractivity contribution in [2.24, 2.45) is 11.8 Å². The number of nitrogens with zero attached hydrogens (tertiary/aromatic N) is 2. The summed E-state index contributed by atoms with van der Waals surface area (Å²) in [6, 6.07) is 1.93. The molecule has 0 aromatic rings. The predicted molar refractivity (Wildman–Crippen MR) is 99.7 cm³/mol. The summed E-state index contributed by atoms with van der Waals surface area (Å²) in [7, 11) is 0. The maximum Gasteiger partial charge on any atom is 0.410 e. The van der Waals surface area contributed by atoms with Gasteiger partial charge in [0, 0.05) is 25.0 Å². The van der Waals surface area contributed by atoms with Gasteiger partial charge >= 0.3 is 6.09 Å². The molecule has 1 N–H and O–H groups in total. The van der Waals surface area contributed by atoms with Crippen LogP contribution in [0.3, 0.4) is 0 Å². The van der Waals surface area contributed by atoms with E-state index in [0.29, 0.717) is 19.4 Å². The van der Waals surface area contributed by atoms with Crippen molar-refractivity contribution in [2.45, 2.75) is 77.4 Å². The molecule has 1 aliphatic heterocycles. The molecular formula is C20H31N3O4. The minimum atomic E-state index is -1.31. The van der Waals surface area contributed by atoms with Gasteiger partial charge in [-0.05, 0) is 46.5 Å². The zero-order valence-corrected chi connectivity index (χ0v) is 16.6. The maximum atomic E-state index is 12.8. The summed E-state index contributed by atoms with van der Waals surface area (Å²) in [5, 5.41) is 12.3. The third-order valence-electron chi connectivity index (χ3n) is 5.10. The van der Waals surface area contributed by atoms with Crippen LogP contribution in [-0.4, -0.2) is 47.4 Å². The maximum absolute atomic E-state index is 12.8. The highest BCUT2D eigenvalue weighted by molar-refractivity contribution is 6.05. The molecule has 150 valence electrons. The molecule has 2 fully saturated rings. The lowest BCUT2D eigenvalue weighted by atomic mass is 9.86. The minimum absolute atomic E-state index is 0.0551. The number of Topliss-reactive ketones (excluding diaryl/α,β-unsaturated/α-hetero) is 1. The molecule has 7 nitrogen and oxygen atoms in total. The molecule has 0 bridgehead atoms. The smallest absolute Gasteiger partial charge is 0.410 e. The Hall–Kier alpha value is -2.10. The Kier molecular flexibility index (Phi) is 7.23. The number of amides is 2. The quantitative estimate of drug-likeness (QED) is 0.760. The molecule has 1 saturated carbocycles. The van der Waals surface area contributed by atoms with Gasteiger partial charge in [0.1, 0.15) is 5.60 Å². The van der Waals surface area contributed by atoms with E-state index in [1.807, 2.05) is 6.07 Å². The van der Waals surface area contributed by atoms with Gasteiger partial charge in [-0.25, -0.2) is 4.79 Å². The highest BCUT2D eigenvalue weighted by Crippen LogP contribution is 2.23. The van der Waals surface area contributed by atoms with E-state index >= 15 is 0 Å². The van der Waals surface area contributed by atoms with E-state index in [4.69, 9.17) is 4.74 Å². The Morgan fingerprint density at radius 1 is 1.11 bits per heavy atom. The number of hydrogen-bond acceptors (Lipinski definition) is 5. The molecule has 1 heterocycles. The van der Waals surface area contributed by atoms with Crippen LogP contribution in [-0.2, 0) is 14.3 Å². The topological polar surface area (TPSA) is 99.5 Å². The molecule has 2 amide bonds. The fourth-order valence-electron chi connectivity index (χ4n) is 3.72. The molecule has 0 spiro atoms. The lowest BCUT2D eigenvalue weighted by Gasteiger charge is -2.34. The number of carbonyl (C=O) groups excluding carboxylic acids is 3. The number of ketones is 1. The third-order valence-corrected chi connectivity index (χ3v) is 5.10. The van der Waals surface area contributed by atoms with Crippen molar-refractivity contribution in [1.29, 1.82) is 5.26 Å². The Labute approximate surface area is 161 Å². The molecule has 1 aliphatic carbocycles. The molecule has 1 saturated heterocycles. The van der Waals surface area contributed by atoms with Gasteiger partial charge in [0.15, 0.2) is 11.7 Å². The second-order valence-electron chi connectivity index (χ2n) is 8.57. The van der Waals surface area contributed by atoms with Crippen LogP contribution >= 0.6 is 0 Å². The first-order valence-corrected chi connectivity index (χ1v) is 9.93. The summed E-state index contributed by atoms with van der Waals surface area (Å²) in [5.74, 6) is -2.70. The van der Waals surface area contributed by atoms with Crippen molar-refractivity contribution in [1.82, 2.24) is 10.2 Å². The lowest BCUT2D eigenvalue weighted by Crippen LogP contribution is -2.48. The van der Waals surface area contributed by atoms with Crippen molar-refractivity contribution < 1.29 is 19.1 Å².